The van der Waals surface area contributed by atoms with Crippen molar-refractivity contribution in [2.24, 2.45) is 0 Å². The maximum Gasteiger partial charge on any atom is 0.234 e. The molecule has 1 amide bonds. The van der Waals surface area contributed by atoms with Gasteiger partial charge in [-0.2, -0.15) is 0 Å². The average molecular weight is 293 g/mol. The van der Waals surface area contributed by atoms with E-state index in [9.17, 15) is 9.59 Å². The molecule has 0 atom stereocenters. The van der Waals surface area contributed by atoms with Crippen LogP contribution in [0, 0.1) is 0 Å². The van der Waals surface area contributed by atoms with Gasteiger partial charge in [-0.15, -0.1) is 11.3 Å². The van der Waals surface area contributed by atoms with E-state index in [2.05, 4.69) is 5.32 Å². The van der Waals surface area contributed by atoms with Crippen molar-refractivity contribution in [1.82, 2.24) is 10.2 Å². The normalized spacial score (nSPS) is 16.9. The van der Waals surface area contributed by atoms with Crippen LogP contribution >= 0.6 is 34.5 Å². The number of hydrogen-bond donors (Lipinski definition) is 1. The molecule has 0 aliphatic carbocycles. The van der Waals surface area contributed by atoms with E-state index >= 15 is 0 Å². The van der Waals surface area contributed by atoms with Gasteiger partial charge in [0.1, 0.15) is 4.34 Å². The fourth-order valence-corrected chi connectivity index (χ4v) is 3.14. The molecule has 4 nitrogen and oxygen atoms in total. The molecule has 0 spiro atoms. The van der Waals surface area contributed by atoms with Gasteiger partial charge in [0, 0.05) is 13.1 Å². The zero-order valence-corrected chi connectivity index (χ0v) is 11.2. The summed E-state index contributed by atoms with van der Waals surface area (Å²) >= 11 is 12.9. The lowest BCUT2D eigenvalue weighted by atomic mass is 10.2. The monoisotopic (exact) mass is 292 g/mol. The number of Topliss-reactive ketones (excluding diaryl/α,β-unsaturated/α-hetero) is 1. The first-order valence-electron chi connectivity index (χ1n) is 5.03. The van der Waals surface area contributed by atoms with E-state index in [4.69, 9.17) is 23.2 Å². The SMILES string of the molecule is O=C1CN(CC(=O)c2cc(Cl)sc2Cl)CCN1. The van der Waals surface area contributed by atoms with Crippen molar-refractivity contribution in [3.8, 4) is 0 Å². The third-order valence-electron chi connectivity index (χ3n) is 2.44. The van der Waals surface area contributed by atoms with Crippen LogP contribution in [0.5, 0.6) is 0 Å². The van der Waals surface area contributed by atoms with Crippen molar-refractivity contribution in [2.75, 3.05) is 26.2 Å². The molecule has 0 bridgehead atoms. The van der Waals surface area contributed by atoms with Crippen LogP contribution in [-0.4, -0.2) is 42.8 Å². The molecule has 0 saturated carbocycles. The predicted octanol–water partition coefficient (Wildman–Crippen LogP) is 1.67. The van der Waals surface area contributed by atoms with Crippen LogP contribution in [0.4, 0.5) is 0 Å². The summed E-state index contributed by atoms with van der Waals surface area (Å²) in [5.41, 5.74) is 0.438. The Balaban J connectivity index is 2.01. The van der Waals surface area contributed by atoms with Crippen molar-refractivity contribution >= 4 is 46.2 Å². The first-order valence-corrected chi connectivity index (χ1v) is 6.60. The van der Waals surface area contributed by atoms with Crippen LogP contribution in [0.15, 0.2) is 6.07 Å². The molecular formula is C10H10Cl2N2O2S. The molecule has 7 heteroatoms. The fraction of sp³-hybridized carbons (Fsp3) is 0.400. The van der Waals surface area contributed by atoms with Crippen molar-refractivity contribution in [1.29, 1.82) is 0 Å². The Morgan fingerprint density at radius 2 is 2.29 bits per heavy atom. The molecule has 17 heavy (non-hydrogen) atoms. The standard InChI is InChI=1S/C10H10Cl2N2O2S/c11-8-3-6(10(12)17-8)7(15)4-14-2-1-13-9(16)5-14/h3H,1-2,4-5H2,(H,13,16). The molecule has 2 rings (SSSR count). The molecule has 1 N–H and O–H groups in total. The molecule has 2 heterocycles. The first kappa shape index (κ1) is 12.8. The largest absolute Gasteiger partial charge is 0.354 e. The Labute approximate surface area is 112 Å². The highest BCUT2D eigenvalue weighted by Crippen LogP contribution is 2.31. The molecule has 0 aromatic carbocycles. The van der Waals surface area contributed by atoms with E-state index in [0.717, 1.165) is 0 Å². The maximum absolute atomic E-state index is 11.9. The van der Waals surface area contributed by atoms with E-state index in [0.29, 0.717) is 27.3 Å². The molecular weight excluding hydrogens is 283 g/mol. The lowest BCUT2D eigenvalue weighted by molar-refractivity contribution is -0.123. The Bertz CT molecular complexity index is 461. The predicted molar refractivity (Wildman–Crippen MR) is 68.1 cm³/mol. The minimum Gasteiger partial charge on any atom is -0.354 e. The number of nitrogens with one attached hydrogen (secondary N) is 1. The zero-order chi connectivity index (χ0) is 12.4. The van der Waals surface area contributed by atoms with Gasteiger partial charge in [0.15, 0.2) is 5.78 Å². The van der Waals surface area contributed by atoms with Crippen molar-refractivity contribution in [3.05, 3.63) is 20.3 Å². The maximum atomic E-state index is 11.9. The molecule has 1 fully saturated rings. The van der Waals surface area contributed by atoms with Crippen molar-refractivity contribution in [2.45, 2.75) is 0 Å². The minimum absolute atomic E-state index is 0.0569. The van der Waals surface area contributed by atoms with Gasteiger partial charge >= 0.3 is 0 Å². The molecule has 1 aromatic heterocycles. The highest BCUT2D eigenvalue weighted by Gasteiger charge is 2.21. The van der Waals surface area contributed by atoms with Gasteiger partial charge in [-0.25, -0.2) is 0 Å². The summed E-state index contributed by atoms with van der Waals surface area (Å²) in [6, 6.07) is 1.57. The molecule has 92 valence electrons. The summed E-state index contributed by atoms with van der Waals surface area (Å²) in [5, 5.41) is 2.70. The molecule has 1 aromatic rings. The quantitative estimate of drug-likeness (QED) is 0.862. The Morgan fingerprint density at radius 1 is 1.53 bits per heavy atom. The summed E-state index contributed by atoms with van der Waals surface area (Å²) < 4.78 is 0.899. The van der Waals surface area contributed by atoms with Crippen LogP contribution in [-0.2, 0) is 4.79 Å². The number of carbonyl (C=O) groups excluding carboxylic acids is 2. The summed E-state index contributed by atoms with van der Waals surface area (Å²) in [6.07, 6.45) is 0. The topological polar surface area (TPSA) is 49.4 Å². The first-order chi connectivity index (χ1) is 8.06. The van der Waals surface area contributed by atoms with Crippen LogP contribution in [0.1, 0.15) is 10.4 Å². The number of piperazine rings is 1. The Kier molecular flexibility index (Phi) is 4.04. The van der Waals surface area contributed by atoms with Gasteiger partial charge in [-0.3, -0.25) is 14.5 Å². The summed E-state index contributed by atoms with van der Waals surface area (Å²) in [7, 11) is 0. The van der Waals surface area contributed by atoms with Gasteiger partial charge < -0.3 is 5.32 Å². The number of amides is 1. The fourth-order valence-electron chi connectivity index (χ4n) is 1.65. The number of carbonyl (C=O) groups is 2. The summed E-state index contributed by atoms with van der Waals surface area (Å²) in [4.78, 5) is 24.9. The second kappa shape index (κ2) is 5.35. The second-order valence-corrected chi connectivity index (χ2v) is 6.01. The lowest BCUT2D eigenvalue weighted by Crippen LogP contribution is -2.49. The van der Waals surface area contributed by atoms with Crippen LogP contribution in [0.2, 0.25) is 8.67 Å². The number of rotatable bonds is 3. The van der Waals surface area contributed by atoms with Crippen molar-refractivity contribution in [3.63, 3.8) is 0 Å². The van der Waals surface area contributed by atoms with E-state index < -0.39 is 0 Å². The van der Waals surface area contributed by atoms with Crippen LogP contribution < -0.4 is 5.32 Å². The number of ketones is 1. The van der Waals surface area contributed by atoms with E-state index in [1.165, 1.54) is 11.3 Å². The third kappa shape index (κ3) is 3.19. The molecule has 0 radical (unpaired) electrons. The number of hydrogen-bond acceptors (Lipinski definition) is 4. The van der Waals surface area contributed by atoms with E-state index in [-0.39, 0.29) is 24.8 Å². The summed E-state index contributed by atoms with van der Waals surface area (Å²) in [6.45, 7) is 1.69. The number of thiophene rings is 1. The molecule has 0 unspecified atom stereocenters. The zero-order valence-electron chi connectivity index (χ0n) is 8.83. The second-order valence-electron chi connectivity index (χ2n) is 3.72. The summed E-state index contributed by atoms with van der Waals surface area (Å²) in [5.74, 6) is -0.161. The van der Waals surface area contributed by atoms with Gasteiger partial charge in [0.05, 0.1) is 23.0 Å². The minimum atomic E-state index is -0.104. The number of halogens is 2. The van der Waals surface area contributed by atoms with Gasteiger partial charge in [0.2, 0.25) is 5.91 Å². The highest BCUT2D eigenvalue weighted by atomic mass is 35.5. The van der Waals surface area contributed by atoms with E-state index in [1.807, 2.05) is 0 Å². The lowest BCUT2D eigenvalue weighted by Gasteiger charge is -2.25. The van der Waals surface area contributed by atoms with Gasteiger partial charge in [0.25, 0.3) is 0 Å². The Hall–Kier alpha value is -0.620. The average Bonchev–Trinajstić information content (AvgIpc) is 2.58. The van der Waals surface area contributed by atoms with Crippen molar-refractivity contribution < 1.29 is 9.59 Å². The smallest absolute Gasteiger partial charge is 0.234 e. The highest BCUT2D eigenvalue weighted by molar-refractivity contribution is 7.20. The molecule has 1 saturated heterocycles. The third-order valence-corrected chi connectivity index (χ3v) is 3.93. The van der Waals surface area contributed by atoms with Crippen LogP contribution in [0.25, 0.3) is 0 Å². The van der Waals surface area contributed by atoms with E-state index in [1.54, 1.807) is 11.0 Å². The number of nitrogens with zero attached hydrogens (tertiary/aromatic N) is 1. The molecule has 1 aliphatic rings. The Morgan fingerprint density at radius 3 is 2.88 bits per heavy atom. The molecule has 1 aliphatic heterocycles. The van der Waals surface area contributed by atoms with Gasteiger partial charge in [-0.1, -0.05) is 23.2 Å². The van der Waals surface area contributed by atoms with Crippen LogP contribution in [0.3, 0.4) is 0 Å². The van der Waals surface area contributed by atoms with Gasteiger partial charge in [-0.05, 0) is 6.07 Å².